The summed E-state index contributed by atoms with van der Waals surface area (Å²) in [5.41, 5.74) is 0. The van der Waals surface area contributed by atoms with E-state index < -0.39 is 0 Å². The zero-order chi connectivity index (χ0) is 7.28. The van der Waals surface area contributed by atoms with Crippen LogP contribution in [0.15, 0.2) is 23.7 Å². The minimum Gasteiger partial charge on any atom is -0.392 e. The average Bonchev–Trinajstić information content (AvgIpc) is 1.63. The summed E-state index contributed by atoms with van der Waals surface area (Å²) in [5, 5.41) is 9.06. The molecule has 0 aromatic rings. The molecule has 0 aromatic heterocycles. The van der Waals surface area contributed by atoms with Crippen molar-refractivity contribution < 1.29 is 5.11 Å². The molecule has 0 radical (unpaired) electrons. The van der Waals surface area contributed by atoms with E-state index in [-0.39, 0.29) is 6.10 Å². The van der Waals surface area contributed by atoms with Crippen LogP contribution in [0.2, 0.25) is 0 Å². The van der Waals surface area contributed by atoms with E-state index in [0.29, 0.717) is 12.8 Å². The highest BCUT2D eigenvalue weighted by atomic mass is 79.9. The van der Waals surface area contributed by atoms with Crippen molar-refractivity contribution in [1.82, 2.24) is 0 Å². The Morgan fingerprint density at radius 3 is 2.67 bits per heavy atom. The molecular weight excluding hydrogens is 180 g/mol. The standard InChI is InChI=1S/C7H11BrO/c1-3-4-7(9)5-6(2)8/h3,7,9H,1-2,4-5H2/t7-/m1/s1. The molecule has 0 amide bonds. The van der Waals surface area contributed by atoms with Gasteiger partial charge in [-0.15, -0.1) is 6.58 Å². The first-order valence-corrected chi connectivity index (χ1v) is 3.58. The maximum Gasteiger partial charge on any atom is 0.0619 e. The number of aliphatic hydroxyl groups is 1. The lowest BCUT2D eigenvalue weighted by molar-refractivity contribution is 0.181. The van der Waals surface area contributed by atoms with Gasteiger partial charge in [0.15, 0.2) is 0 Å². The van der Waals surface area contributed by atoms with E-state index >= 15 is 0 Å². The van der Waals surface area contributed by atoms with Crippen LogP contribution in [-0.4, -0.2) is 11.2 Å². The lowest BCUT2D eigenvalue weighted by Gasteiger charge is -2.04. The number of rotatable bonds is 4. The Morgan fingerprint density at radius 1 is 1.78 bits per heavy atom. The van der Waals surface area contributed by atoms with E-state index in [1.165, 1.54) is 0 Å². The maximum absolute atomic E-state index is 9.06. The van der Waals surface area contributed by atoms with Gasteiger partial charge in [-0.05, 0) is 10.9 Å². The van der Waals surface area contributed by atoms with Crippen LogP contribution in [0.1, 0.15) is 12.8 Å². The zero-order valence-electron chi connectivity index (χ0n) is 5.31. The van der Waals surface area contributed by atoms with E-state index in [2.05, 4.69) is 29.1 Å². The predicted octanol–water partition coefficient (Wildman–Crippen LogP) is 2.22. The molecule has 52 valence electrons. The molecule has 0 saturated heterocycles. The molecule has 0 rings (SSSR count). The number of halogens is 1. The monoisotopic (exact) mass is 190 g/mol. The fourth-order valence-corrected chi connectivity index (χ4v) is 0.905. The molecule has 1 atom stereocenters. The highest BCUT2D eigenvalue weighted by Crippen LogP contribution is 2.11. The molecule has 1 nitrogen and oxygen atoms in total. The van der Waals surface area contributed by atoms with Gasteiger partial charge in [0.1, 0.15) is 0 Å². The molecule has 0 aliphatic heterocycles. The SMILES string of the molecule is C=CC[C@@H](O)CC(=C)Br. The summed E-state index contributed by atoms with van der Waals surface area (Å²) in [6.07, 6.45) is 2.60. The van der Waals surface area contributed by atoms with Gasteiger partial charge >= 0.3 is 0 Å². The van der Waals surface area contributed by atoms with Gasteiger partial charge < -0.3 is 5.11 Å². The van der Waals surface area contributed by atoms with Crippen LogP contribution < -0.4 is 0 Å². The van der Waals surface area contributed by atoms with Crippen LogP contribution in [0.4, 0.5) is 0 Å². The minimum atomic E-state index is -0.325. The second-order valence-electron chi connectivity index (χ2n) is 1.90. The molecule has 0 heterocycles. The normalized spacial score (nSPS) is 12.7. The van der Waals surface area contributed by atoms with Crippen molar-refractivity contribution in [3.8, 4) is 0 Å². The summed E-state index contributed by atoms with van der Waals surface area (Å²) >= 11 is 3.16. The first kappa shape index (κ1) is 8.92. The summed E-state index contributed by atoms with van der Waals surface area (Å²) in [7, 11) is 0. The molecule has 0 aliphatic rings. The van der Waals surface area contributed by atoms with Crippen molar-refractivity contribution in [2.24, 2.45) is 0 Å². The zero-order valence-corrected chi connectivity index (χ0v) is 6.89. The van der Waals surface area contributed by atoms with Gasteiger partial charge in [-0.1, -0.05) is 28.6 Å². The van der Waals surface area contributed by atoms with Crippen molar-refractivity contribution >= 4 is 15.9 Å². The lowest BCUT2D eigenvalue weighted by Crippen LogP contribution is -2.03. The van der Waals surface area contributed by atoms with Gasteiger partial charge in [0, 0.05) is 6.42 Å². The molecule has 0 fully saturated rings. The third-order valence-electron chi connectivity index (χ3n) is 0.896. The Morgan fingerprint density at radius 2 is 2.33 bits per heavy atom. The van der Waals surface area contributed by atoms with E-state index in [1.54, 1.807) is 6.08 Å². The van der Waals surface area contributed by atoms with Gasteiger partial charge in [-0.2, -0.15) is 0 Å². The largest absolute Gasteiger partial charge is 0.392 e. The molecular formula is C7H11BrO. The van der Waals surface area contributed by atoms with Crippen molar-refractivity contribution in [2.75, 3.05) is 0 Å². The fourth-order valence-electron chi connectivity index (χ4n) is 0.531. The molecule has 0 aromatic carbocycles. The highest BCUT2D eigenvalue weighted by Gasteiger charge is 2.00. The second-order valence-corrected chi connectivity index (χ2v) is 3.02. The Balaban J connectivity index is 3.37. The second kappa shape index (κ2) is 4.77. The van der Waals surface area contributed by atoms with Gasteiger partial charge in [0.05, 0.1) is 6.10 Å². The third-order valence-corrected chi connectivity index (χ3v) is 1.22. The third kappa shape index (κ3) is 5.80. The number of aliphatic hydroxyl groups excluding tert-OH is 1. The van der Waals surface area contributed by atoms with Gasteiger partial charge in [-0.3, -0.25) is 0 Å². The van der Waals surface area contributed by atoms with Gasteiger partial charge in [0.25, 0.3) is 0 Å². The van der Waals surface area contributed by atoms with E-state index in [0.717, 1.165) is 4.48 Å². The van der Waals surface area contributed by atoms with Gasteiger partial charge in [0.2, 0.25) is 0 Å². The van der Waals surface area contributed by atoms with Crippen LogP contribution in [0.5, 0.6) is 0 Å². The first-order chi connectivity index (χ1) is 4.16. The minimum absolute atomic E-state index is 0.325. The molecule has 2 heteroatoms. The van der Waals surface area contributed by atoms with E-state index in [1.807, 2.05) is 0 Å². The number of hydrogen-bond acceptors (Lipinski definition) is 1. The molecule has 9 heavy (non-hydrogen) atoms. The van der Waals surface area contributed by atoms with Crippen molar-refractivity contribution in [3.63, 3.8) is 0 Å². The van der Waals surface area contributed by atoms with Crippen LogP contribution in [0, 0.1) is 0 Å². The highest BCUT2D eigenvalue weighted by molar-refractivity contribution is 9.11. The summed E-state index contributed by atoms with van der Waals surface area (Å²) in [4.78, 5) is 0. The van der Waals surface area contributed by atoms with E-state index in [4.69, 9.17) is 5.11 Å². The fraction of sp³-hybridized carbons (Fsp3) is 0.429. The quantitative estimate of drug-likeness (QED) is 0.675. The molecule has 0 aliphatic carbocycles. The van der Waals surface area contributed by atoms with Gasteiger partial charge in [-0.25, -0.2) is 0 Å². The van der Waals surface area contributed by atoms with Crippen LogP contribution >= 0.6 is 15.9 Å². The molecule has 1 N–H and O–H groups in total. The van der Waals surface area contributed by atoms with E-state index in [9.17, 15) is 0 Å². The van der Waals surface area contributed by atoms with Crippen LogP contribution in [0.25, 0.3) is 0 Å². The Labute approximate surface area is 64.2 Å². The predicted molar refractivity (Wildman–Crippen MR) is 43.5 cm³/mol. The average molecular weight is 191 g/mol. The lowest BCUT2D eigenvalue weighted by atomic mass is 10.2. The first-order valence-electron chi connectivity index (χ1n) is 2.79. The Kier molecular flexibility index (Phi) is 4.72. The molecule has 0 spiro atoms. The maximum atomic E-state index is 9.06. The molecule has 0 saturated carbocycles. The van der Waals surface area contributed by atoms with Crippen LogP contribution in [0.3, 0.4) is 0 Å². The molecule has 0 bridgehead atoms. The molecule has 0 unspecified atom stereocenters. The summed E-state index contributed by atoms with van der Waals surface area (Å²) < 4.78 is 0.830. The van der Waals surface area contributed by atoms with Crippen molar-refractivity contribution in [3.05, 3.63) is 23.7 Å². The smallest absolute Gasteiger partial charge is 0.0619 e. The summed E-state index contributed by atoms with van der Waals surface area (Å²) in [6, 6.07) is 0. The van der Waals surface area contributed by atoms with Crippen molar-refractivity contribution in [2.45, 2.75) is 18.9 Å². The summed E-state index contributed by atoms with van der Waals surface area (Å²) in [6.45, 7) is 7.10. The number of hydrogen-bond donors (Lipinski definition) is 1. The Hall–Kier alpha value is -0.0800. The topological polar surface area (TPSA) is 20.2 Å². The Bertz CT molecular complexity index is 109. The van der Waals surface area contributed by atoms with Crippen molar-refractivity contribution in [1.29, 1.82) is 0 Å². The van der Waals surface area contributed by atoms with Crippen LogP contribution in [-0.2, 0) is 0 Å². The summed E-state index contributed by atoms with van der Waals surface area (Å²) in [5.74, 6) is 0.